The average molecular weight is 235 g/mol. The standard InChI is InChI=1S/C12H10FNO3/c1-17-12(16)6-8-5-11(15)9-4-7(13)2-3-10(9)14-8/h2-5H,6H2,1H3,(H,14,15). The Bertz CT molecular complexity index is 633. The number of carbonyl (C=O) groups is 1. The number of benzene rings is 1. The number of pyridine rings is 1. The minimum absolute atomic E-state index is 0.0148. The van der Waals surface area contributed by atoms with Crippen molar-refractivity contribution in [1.29, 1.82) is 0 Å². The molecule has 0 aliphatic rings. The van der Waals surface area contributed by atoms with Crippen LogP contribution in [0.3, 0.4) is 0 Å². The zero-order valence-corrected chi connectivity index (χ0v) is 9.12. The molecule has 1 N–H and O–H groups in total. The van der Waals surface area contributed by atoms with Gasteiger partial charge in [-0.3, -0.25) is 9.59 Å². The Kier molecular flexibility index (Phi) is 2.91. The maximum atomic E-state index is 13.0. The Labute approximate surface area is 96.0 Å². The van der Waals surface area contributed by atoms with Gasteiger partial charge in [0.1, 0.15) is 5.82 Å². The monoisotopic (exact) mass is 235 g/mol. The summed E-state index contributed by atoms with van der Waals surface area (Å²) in [6.07, 6.45) is -0.0148. The van der Waals surface area contributed by atoms with Crippen molar-refractivity contribution >= 4 is 16.9 Å². The van der Waals surface area contributed by atoms with E-state index in [1.165, 1.54) is 25.3 Å². The number of carbonyl (C=O) groups excluding carboxylic acids is 1. The van der Waals surface area contributed by atoms with E-state index in [2.05, 4.69) is 9.72 Å². The first-order valence-electron chi connectivity index (χ1n) is 4.98. The summed E-state index contributed by atoms with van der Waals surface area (Å²) in [5, 5.41) is 0.263. The molecule has 0 saturated heterocycles. The number of rotatable bonds is 2. The Morgan fingerprint density at radius 2 is 2.18 bits per heavy atom. The number of aromatic nitrogens is 1. The fraction of sp³-hybridized carbons (Fsp3) is 0.167. The summed E-state index contributed by atoms with van der Waals surface area (Å²) >= 11 is 0. The van der Waals surface area contributed by atoms with Gasteiger partial charge in [-0.2, -0.15) is 0 Å². The van der Waals surface area contributed by atoms with Crippen LogP contribution in [0.2, 0.25) is 0 Å². The van der Waals surface area contributed by atoms with Crippen LogP contribution < -0.4 is 5.43 Å². The molecule has 0 aliphatic heterocycles. The number of H-pyrrole nitrogens is 1. The fourth-order valence-corrected chi connectivity index (χ4v) is 1.60. The zero-order chi connectivity index (χ0) is 12.4. The van der Waals surface area contributed by atoms with Gasteiger partial charge in [-0.05, 0) is 18.2 Å². The van der Waals surface area contributed by atoms with Crippen LogP contribution in [0.15, 0.2) is 29.1 Å². The Balaban J connectivity index is 2.52. The highest BCUT2D eigenvalue weighted by Gasteiger charge is 2.07. The highest BCUT2D eigenvalue weighted by Crippen LogP contribution is 2.10. The van der Waals surface area contributed by atoms with E-state index >= 15 is 0 Å². The lowest BCUT2D eigenvalue weighted by Gasteiger charge is -2.03. The number of aromatic amines is 1. The van der Waals surface area contributed by atoms with E-state index in [1.807, 2.05) is 0 Å². The van der Waals surface area contributed by atoms with Crippen molar-refractivity contribution in [1.82, 2.24) is 4.98 Å². The van der Waals surface area contributed by atoms with Gasteiger partial charge in [-0.25, -0.2) is 4.39 Å². The van der Waals surface area contributed by atoms with Crippen LogP contribution in [0.5, 0.6) is 0 Å². The summed E-state index contributed by atoms with van der Waals surface area (Å²) in [5.74, 6) is -0.911. The van der Waals surface area contributed by atoms with E-state index in [4.69, 9.17) is 0 Å². The first kappa shape index (κ1) is 11.3. The summed E-state index contributed by atoms with van der Waals surface area (Å²) in [4.78, 5) is 25.7. The van der Waals surface area contributed by atoms with Crippen molar-refractivity contribution < 1.29 is 13.9 Å². The van der Waals surface area contributed by atoms with Crippen LogP contribution in [0.1, 0.15) is 5.69 Å². The normalized spacial score (nSPS) is 10.5. The van der Waals surface area contributed by atoms with Gasteiger partial charge in [0.2, 0.25) is 0 Å². The molecule has 0 spiro atoms. The first-order chi connectivity index (χ1) is 8.10. The van der Waals surface area contributed by atoms with Crippen molar-refractivity contribution in [3.05, 3.63) is 46.0 Å². The molecular weight excluding hydrogens is 225 g/mol. The van der Waals surface area contributed by atoms with Crippen molar-refractivity contribution in [2.75, 3.05) is 7.11 Å². The third-order valence-electron chi connectivity index (χ3n) is 2.41. The average Bonchev–Trinajstić information content (AvgIpc) is 2.30. The largest absolute Gasteiger partial charge is 0.469 e. The number of fused-ring (bicyclic) bond motifs is 1. The molecule has 0 fully saturated rings. The molecule has 88 valence electrons. The number of halogens is 1. The third-order valence-corrected chi connectivity index (χ3v) is 2.41. The second-order valence-corrected chi connectivity index (χ2v) is 3.60. The smallest absolute Gasteiger partial charge is 0.311 e. The summed E-state index contributed by atoms with van der Waals surface area (Å²) in [7, 11) is 1.27. The number of methoxy groups -OCH3 is 1. The van der Waals surface area contributed by atoms with E-state index in [1.54, 1.807) is 0 Å². The van der Waals surface area contributed by atoms with Crippen LogP contribution in [-0.4, -0.2) is 18.1 Å². The molecule has 2 rings (SSSR count). The number of ether oxygens (including phenoxy) is 1. The zero-order valence-electron chi connectivity index (χ0n) is 9.12. The van der Waals surface area contributed by atoms with Crippen molar-refractivity contribution in [2.45, 2.75) is 6.42 Å². The molecule has 1 aromatic carbocycles. The summed E-state index contributed by atoms with van der Waals surface area (Å²) < 4.78 is 17.5. The molecule has 0 aliphatic carbocycles. The van der Waals surface area contributed by atoms with E-state index in [9.17, 15) is 14.0 Å². The molecule has 0 unspecified atom stereocenters. The number of hydrogen-bond donors (Lipinski definition) is 1. The Morgan fingerprint density at radius 3 is 2.88 bits per heavy atom. The molecule has 17 heavy (non-hydrogen) atoms. The predicted molar refractivity (Wildman–Crippen MR) is 60.2 cm³/mol. The molecule has 1 aromatic heterocycles. The predicted octanol–water partition coefficient (Wildman–Crippen LogP) is 1.38. The summed E-state index contributed by atoms with van der Waals surface area (Å²) in [6.45, 7) is 0. The first-order valence-corrected chi connectivity index (χ1v) is 4.98. The molecule has 0 bridgehead atoms. The van der Waals surface area contributed by atoms with E-state index in [-0.39, 0.29) is 17.2 Å². The molecule has 0 amide bonds. The second kappa shape index (κ2) is 4.37. The maximum Gasteiger partial charge on any atom is 0.311 e. The minimum atomic E-state index is -0.469. The van der Waals surface area contributed by atoms with Crippen LogP contribution >= 0.6 is 0 Å². The third kappa shape index (κ3) is 2.33. The van der Waals surface area contributed by atoms with Gasteiger partial charge in [0.15, 0.2) is 5.43 Å². The second-order valence-electron chi connectivity index (χ2n) is 3.60. The van der Waals surface area contributed by atoms with Crippen molar-refractivity contribution in [2.24, 2.45) is 0 Å². The number of esters is 1. The van der Waals surface area contributed by atoms with Gasteiger partial charge >= 0.3 is 5.97 Å². The Hall–Kier alpha value is -2.17. The van der Waals surface area contributed by atoms with E-state index < -0.39 is 11.8 Å². The highest BCUT2D eigenvalue weighted by molar-refractivity contribution is 5.79. The molecular formula is C12H10FNO3. The van der Waals surface area contributed by atoms with Gasteiger partial charge in [-0.15, -0.1) is 0 Å². The van der Waals surface area contributed by atoms with Crippen LogP contribution in [0.4, 0.5) is 4.39 Å². The lowest BCUT2D eigenvalue weighted by atomic mass is 10.1. The fourth-order valence-electron chi connectivity index (χ4n) is 1.60. The lowest BCUT2D eigenvalue weighted by molar-refractivity contribution is -0.139. The number of hydrogen-bond acceptors (Lipinski definition) is 3. The topological polar surface area (TPSA) is 59.2 Å². The summed E-state index contributed by atoms with van der Waals surface area (Å²) in [5.41, 5.74) is 0.621. The molecule has 2 aromatic rings. The Morgan fingerprint density at radius 1 is 1.41 bits per heavy atom. The minimum Gasteiger partial charge on any atom is -0.469 e. The molecule has 4 nitrogen and oxygen atoms in total. The van der Waals surface area contributed by atoms with Crippen LogP contribution in [-0.2, 0) is 16.0 Å². The van der Waals surface area contributed by atoms with Gasteiger partial charge in [0.05, 0.1) is 13.5 Å². The van der Waals surface area contributed by atoms with Crippen LogP contribution in [0.25, 0.3) is 10.9 Å². The molecule has 1 heterocycles. The quantitative estimate of drug-likeness (QED) is 0.800. The highest BCUT2D eigenvalue weighted by atomic mass is 19.1. The molecule has 0 saturated carbocycles. The lowest BCUT2D eigenvalue weighted by Crippen LogP contribution is -2.11. The van der Waals surface area contributed by atoms with E-state index in [0.29, 0.717) is 11.2 Å². The van der Waals surface area contributed by atoms with E-state index in [0.717, 1.165) is 6.07 Å². The molecule has 5 heteroatoms. The van der Waals surface area contributed by atoms with Gasteiger partial charge in [0.25, 0.3) is 0 Å². The van der Waals surface area contributed by atoms with Crippen molar-refractivity contribution in [3.63, 3.8) is 0 Å². The van der Waals surface area contributed by atoms with Gasteiger partial charge in [-0.1, -0.05) is 0 Å². The van der Waals surface area contributed by atoms with Gasteiger partial charge in [0, 0.05) is 22.7 Å². The maximum absolute atomic E-state index is 13.0. The van der Waals surface area contributed by atoms with Crippen molar-refractivity contribution in [3.8, 4) is 0 Å². The SMILES string of the molecule is COC(=O)Cc1cc(=O)c2cc(F)ccc2[nH]1. The van der Waals surface area contributed by atoms with Gasteiger partial charge < -0.3 is 9.72 Å². The van der Waals surface area contributed by atoms with Crippen LogP contribution in [0, 0.1) is 5.82 Å². The number of nitrogens with one attached hydrogen (secondary N) is 1. The summed E-state index contributed by atoms with van der Waals surface area (Å²) in [6, 6.07) is 5.15. The molecule has 0 radical (unpaired) electrons. The molecule has 0 atom stereocenters.